The van der Waals surface area contributed by atoms with Crippen LogP contribution in [0.25, 0.3) is 0 Å². The van der Waals surface area contributed by atoms with Gasteiger partial charge in [0.25, 0.3) is 5.95 Å². The van der Waals surface area contributed by atoms with Crippen LogP contribution in [0, 0.1) is 11.8 Å². The number of nitrogens with zero attached hydrogens (tertiary/aromatic N) is 1. The van der Waals surface area contributed by atoms with Gasteiger partial charge in [-0.15, -0.1) is 0 Å². The Labute approximate surface area is 56.5 Å². The molecule has 1 aromatic heterocycles. The zero-order valence-electron chi connectivity index (χ0n) is 5.27. The lowest BCUT2D eigenvalue weighted by Gasteiger charge is -1.98. The molecule has 0 saturated carbocycles. The van der Waals surface area contributed by atoms with E-state index in [0.29, 0.717) is 0 Å². The van der Waals surface area contributed by atoms with Crippen molar-refractivity contribution in [1.82, 2.24) is 4.98 Å². The molecule has 0 amide bonds. The minimum absolute atomic E-state index is 0.181. The molecule has 0 aliphatic heterocycles. The minimum Gasteiger partial charge on any atom is -0.492 e. The molecule has 0 fully saturated rings. The van der Waals surface area contributed by atoms with E-state index >= 15 is 0 Å². The van der Waals surface area contributed by atoms with Crippen molar-refractivity contribution in [2.75, 3.05) is 7.11 Å². The molecule has 0 spiro atoms. The average Bonchev–Trinajstić information content (AvgIpc) is 1.94. The number of ether oxygens (including phenoxy) is 1. The predicted octanol–water partition coefficient (Wildman–Crippen LogP) is 1.37. The van der Waals surface area contributed by atoms with E-state index in [-0.39, 0.29) is 5.75 Å². The van der Waals surface area contributed by atoms with E-state index in [0.717, 1.165) is 12.3 Å². The molecule has 0 atom stereocenters. The predicted molar refractivity (Wildman–Crippen MR) is 30.7 cm³/mol. The highest BCUT2D eigenvalue weighted by atomic mass is 19.1. The van der Waals surface area contributed by atoms with E-state index in [1.54, 1.807) is 0 Å². The van der Waals surface area contributed by atoms with Crippen LogP contribution in [0.15, 0.2) is 12.3 Å². The summed E-state index contributed by atoms with van der Waals surface area (Å²) in [7, 11) is 1.25. The summed E-state index contributed by atoms with van der Waals surface area (Å²) >= 11 is 0. The lowest BCUT2D eigenvalue weighted by Crippen LogP contribution is -1.91. The first kappa shape index (κ1) is 6.92. The van der Waals surface area contributed by atoms with Gasteiger partial charge in [0, 0.05) is 6.07 Å². The van der Waals surface area contributed by atoms with Gasteiger partial charge in [-0.1, -0.05) is 0 Å². The van der Waals surface area contributed by atoms with Gasteiger partial charge in [0.2, 0.25) is 0 Å². The number of pyridine rings is 1. The van der Waals surface area contributed by atoms with E-state index in [2.05, 4.69) is 9.72 Å². The molecule has 54 valence electrons. The van der Waals surface area contributed by atoms with Crippen molar-refractivity contribution < 1.29 is 13.5 Å². The van der Waals surface area contributed by atoms with Crippen molar-refractivity contribution in [2.24, 2.45) is 0 Å². The lowest BCUT2D eigenvalue weighted by molar-refractivity contribution is 0.373. The maximum absolute atomic E-state index is 12.4. The van der Waals surface area contributed by atoms with Gasteiger partial charge in [0.1, 0.15) is 5.82 Å². The summed E-state index contributed by atoms with van der Waals surface area (Å²) in [6, 6.07) is 0.933. The molecule has 1 rings (SSSR count). The number of rotatable bonds is 1. The second kappa shape index (κ2) is 2.60. The number of hydrogen-bond donors (Lipinski definition) is 0. The normalized spacial score (nSPS) is 9.50. The Balaban J connectivity index is 3.09. The Bertz CT molecular complexity index is 239. The SMILES string of the molecule is COc1cc(F)cnc1F. The smallest absolute Gasteiger partial charge is 0.255 e. The molecule has 0 radical (unpaired) electrons. The van der Waals surface area contributed by atoms with E-state index in [1.807, 2.05) is 0 Å². The third-order valence-electron chi connectivity index (χ3n) is 0.993. The summed E-state index contributed by atoms with van der Waals surface area (Å²) in [5, 5.41) is 0. The van der Waals surface area contributed by atoms with Crippen molar-refractivity contribution in [3.05, 3.63) is 24.0 Å². The number of methoxy groups -OCH3 is 1. The van der Waals surface area contributed by atoms with E-state index in [4.69, 9.17) is 0 Å². The molecular formula is C6H5F2NO. The van der Waals surface area contributed by atoms with Gasteiger partial charge in [0.15, 0.2) is 5.75 Å². The fraction of sp³-hybridized carbons (Fsp3) is 0.167. The number of hydrogen-bond acceptors (Lipinski definition) is 2. The first-order valence-corrected chi connectivity index (χ1v) is 2.59. The van der Waals surface area contributed by atoms with Crippen LogP contribution in [0.2, 0.25) is 0 Å². The van der Waals surface area contributed by atoms with Gasteiger partial charge >= 0.3 is 0 Å². The van der Waals surface area contributed by atoms with Crippen molar-refractivity contribution >= 4 is 0 Å². The van der Waals surface area contributed by atoms with Crippen molar-refractivity contribution in [3.63, 3.8) is 0 Å². The first-order chi connectivity index (χ1) is 4.74. The van der Waals surface area contributed by atoms with Crippen molar-refractivity contribution in [3.8, 4) is 5.75 Å². The minimum atomic E-state index is -0.802. The zero-order chi connectivity index (χ0) is 7.56. The van der Waals surface area contributed by atoms with E-state index in [1.165, 1.54) is 7.11 Å². The largest absolute Gasteiger partial charge is 0.492 e. The second-order valence-electron chi connectivity index (χ2n) is 1.65. The molecule has 0 saturated heterocycles. The summed E-state index contributed by atoms with van der Waals surface area (Å²) in [5.41, 5.74) is 0. The van der Waals surface area contributed by atoms with Gasteiger partial charge in [-0.2, -0.15) is 4.39 Å². The second-order valence-corrected chi connectivity index (χ2v) is 1.65. The molecule has 2 nitrogen and oxygen atoms in total. The van der Waals surface area contributed by atoms with Crippen LogP contribution in [0.1, 0.15) is 0 Å². The zero-order valence-corrected chi connectivity index (χ0v) is 5.27. The number of aromatic nitrogens is 1. The molecule has 0 aliphatic rings. The van der Waals surface area contributed by atoms with Crippen LogP contribution < -0.4 is 4.74 Å². The quantitative estimate of drug-likeness (QED) is 0.557. The fourth-order valence-corrected chi connectivity index (χ4v) is 0.547. The molecule has 4 heteroatoms. The molecular weight excluding hydrogens is 140 g/mol. The van der Waals surface area contributed by atoms with Crippen LogP contribution in [0.3, 0.4) is 0 Å². The monoisotopic (exact) mass is 145 g/mol. The Morgan fingerprint density at radius 3 is 2.70 bits per heavy atom. The summed E-state index contributed by atoms with van der Waals surface area (Å²) < 4.78 is 29.0. The van der Waals surface area contributed by atoms with E-state index in [9.17, 15) is 8.78 Å². The third kappa shape index (κ3) is 1.21. The molecule has 10 heavy (non-hydrogen) atoms. The Hall–Kier alpha value is -1.19. The van der Waals surface area contributed by atoms with Gasteiger partial charge in [-0.25, -0.2) is 9.37 Å². The highest BCUT2D eigenvalue weighted by molar-refractivity contribution is 5.18. The Kier molecular flexibility index (Phi) is 1.80. The summed E-state index contributed by atoms with van der Waals surface area (Å²) in [6.45, 7) is 0. The maximum atomic E-state index is 12.4. The number of halogens is 2. The van der Waals surface area contributed by atoms with Gasteiger partial charge < -0.3 is 4.74 Å². The Morgan fingerprint density at radius 1 is 1.50 bits per heavy atom. The molecule has 1 aromatic rings. The van der Waals surface area contributed by atoms with Crippen LogP contribution in [-0.2, 0) is 0 Å². The summed E-state index contributed by atoms with van der Waals surface area (Å²) in [6.07, 6.45) is 0.790. The van der Waals surface area contributed by atoms with Crippen LogP contribution in [0.4, 0.5) is 8.78 Å². The standard InChI is InChI=1S/C6H5F2NO/c1-10-5-2-4(7)3-9-6(5)8/h2-3H,1H3. The van der Waals surface area contributed by atoms with Crippen LogP contribution in [-0.4, -0.2) is 12.1 Å². The van der Waals surface area contributed by atoms with Gasteiger partial charge in [-0.3, -0.25) is 0 Å². The van der Waals surface area contributed by atoms with Crippen LogP contribution >= 0.6 is 0 Å². The molecule has 0 unspecified atom stereocenters. The molecule has 0 aromatic carbocycles. The highest BCUT2D eigenvalue weighted by Gasteiger charge is 2.03. The van der Waals surface area contributed by atoms with Crippen molar-refractivity contribution in [2.45, 2.75) is 0 Å². The lowest BCUT2D eigenvalue weighted by atomic mass is 10.4. The summed E-state index contributed by atoms with van der Waals surface area (Å²) in [5.74, 6) is -1.60. The van der Waals surface area contributed by atoms with Gasteiger partial charge in [0.05, 0.1) is 13.3 Å². The molecule has 1 heterocycles. The molecule has 0 bridgehead atoms. The summed E-state index contributed by atoms with van der Waals surface area (Å²) in [4.78, 5) is 3.08. The molecule has 0 aliphatic carbocycles. The third-order valence-corrected chi connectivity index (χ3v) is 0.993. The average molecular weight is 145 g/mol. The fourth-order valence-electron chi connectivity index (χ4n) is 0.547. The van der Waals surface area contributed by atoms with Crippen LogP contribution in [0.5, 0.6) is 5.75 Å². The highest BCUT2D eigenvalue weighted by Crippen LogP contribution is 2.13. The Morgan fingerprint density at radius 2 is 2.20 bits per heavy atom. The first-order valence-electron chi connectivity index (χ1n) is 2.59. The maximum Gasteiger partial charge on any atom is 0.255 e. The van der Waals surface area contributed by atoms with E-state index < -0.39 is 11.8 Å². The van der Waals surface area contributed by atoms with Gasteiger partial charge in [-0.05, 0) is 0 Å². The molecule has 0 N–H and O–H groups in total. The topological polar surface area (TPSA) is 22.1 Å². The van der Waals surface area contributed by atoms with Crippen molar-refractivity contribution in [1.29, 1.82) is 0 Å².